The Morgan fingerprint density at radius 3 is 1.94 bits per heavy atom. The largest absolute Gasteiger partial charge is 0.507 e. The number of hydrogen-bond acceptors (Lipinski definition) is 3. The molecule has 0 amide bonds. The number of imidazole rings is 1. The number of benzene rings is 7. The Balaban J connectivity index is 1.27. The van der Waals surface area contributed by atoms with Crippen molar-refractivity contribution in [3.63, 3.8) is 0 Å². The molecule has 64 heavy (non-hydrogen) atoms. The van der Waals surface area contributed by atoms with Gasteiger partial charge < -0.3 is 5.11 Å². The Labute approximate surface area is 393 Å². The molecule has 0 fully saturated rings. The summed E-state index contributed by atoms with van der Waals surface area (Å²) < 4.78 is 85.1. The van der Waals surface area contributed by atoms with Gasteiger partial charge in [-0.05, 0) is 128 Å². The van der Waals surface area contributed by atoms with Gasteiger partial charge >= 0.3 is 0 Å². The molecular weight excluding hydrogens is 779 g/mol. The number of hydrogen-bond donors (Lipinski definition) is 1. The van der Waals surface area contributed by atoms with E-state index in [-0.39, 0.29) is 11.3 Å². The molecule has 2 aromatic heterocycles. The van der Waals surface area contributed by atoms with Crippen molar-refractivity contribution in [2.45, 2.75) is 78.8 Å². The van der Waals surface area contributed by atoms with Crippen LogP contribution in [0.25, 0.3) is 83.9 Å². The number of aryl methyl sites for hydroxylation is 1. The molecule has 0 spiro atoms. The highest BCUT2D eigenvalue weighted by Gasteiger charge is 2.27. The number of phenolic OH excluding ortho intramolecular Hbond substituents is 1. The zero-order valence-corrected chi connectivity index (χ0v) is 37.0. The maximum absolute atomic E-state index is 12.3. The van der Waals surface area contributed by atoms with Crippen LogP contribution in [0.3, 0.4) is 0 Å². The fourth-order valence-corrected chi connectivity index (χ4v) is 8.58. The van der Waals surface area contributed by atoms with Gasteiger partial charge in [0.25, 0.3) is 0 Å². The molecule has 0 saturated heterocycles. The number of fused-ring (bicyclic) bond motifs is 1. The molecule has 9 aromatic rings. The average Bonchev–Trinajstić information content (AvgIpc) is 3.73. The molecule has 0 radical (unpaired) electrons. The minimum absolute atomic E-state index is 0.145. The highest BCUT2D eigenvalue weighted by atomic mass is 16.3. The molecule has 4 nitrogen and oxygen atoms in total. The van der Waals surface area contributed by atoms with E-state index in [9.17, 15) is 5.11 Å². The SMILES string of the molecule is [2H]C(C)(C)c1ccc(-n2c(-c3cc(C)cc(C(C)(C)C)c3O)nc3c(-c4cc(-c5ccccc5)cc(-c5cc(-c6ccc(C(C([2H])([2H])[2H])(C([2H])([2H])[2H])C([2H])([2H])[2H])cc6)ccn5)c4)cccc32)c(-c2ccccc2)c1. The normalized spacial score (nSPS) is 15.1. The molecule has 7 aromatic carbocycles. The molecular formula is C60H57N3O. The van der Waals surface area contributed by atoms with E-state index < -0.39 is 37.3 Å². The second-order valence-corrected chi connectivity index (χ2v) is 17.9. The molecule has 4 heteroatoms. The molecule has 0 aliphatic rings. The minimum atomic E-state index is -3.38. The number of para-hydroxylation sites is 1. The summed E-state index contributed by atoms with van der Waals surface area (Å²) in [5.41, 5.74) is 9.71. The zero-order valence-electron chi connectivity index (χ0n) is 47.0. The van der Waals surface area contributed by atoms with Crippen LogP contribution in [0.5, 0.6) is 5.75 Å². The summed E-state index contributed by atoms with van der Waals surface area (Å²) in [5, 5.41) is 12.3. The number of aromatic hydroxyl groups is 1. The molecule has 0 saturated carbocycles. The van der Waals surface area contributed by atoms with Gasteiger partial charge in [-0.15, -0.1) is 0 Å². The standard InChI is InChI=1S/C60H57N3O/c1-38(2)43-25-28-54(50(36-43)42-19-14-11-15-20-42)63-55-22-16-21-49(56(55)62-58(63)51-31-39(3)32-52(57(51)64)60(7,8)9)46-33-45(40-17-12-10-13-18-40)34-47(35-46)53-37-44(29-30-61-53)41-23-26-48(27-24-41)59(4,5)6/h10-38,64H,1-9H3/i4D3,5D3,6D3,38D. The van der Waals surface area contributed by atoms with E-state index in [2.05, 4.69) is 61.7 Å². The summed E-state index contributed by atoms with van der Waals surface area (Å²) in [6.07, 6.45) is 1.66. The summed E-state index contributed by atoms with van der Waals surface area (Å²) in [7, 11) is 0. The summed E-state index contributed by atoms with van der Waals surface area (Å²) in [6, 6.07) is 52.0. The number of phenols is 1. The molecule has 0 aliphatic carbocycles. The lowest BCUT2D eigenvalue weighted by Crippen LogP contribution is -2.12. The molecule has 0 atom stereocenters. The third-order valence-electron chi connectivity index (χ3n) is 11.9. The Kier molecular flexibility index (Phi) is 8.23. The van der Waals surface area contributed by atoms with Gasteiger partial charge in [-0.3, -0.25) is 9.55 Å². The van der Waals surface area contributed by atoms with Gasteiger partial charge in [0, 0.05) is 42.2 Å². The van der Waals surface area contributed by atoms with Gasteiger partial charge in [-0.1, -0.05) is 164 Å². The van der Waals surface area contributed by atoms with Crippen molar-refractivity contribution < 1.29 is 18.8 Å². The van der Waals surface area contributed by atoms with Gasteiger partial charge in [0.1, 0.15) is 11.6 Å². The van der Waals surface area contributed by atoms with E-state index in [1.807, 2.05) is 118 Å². The third kappa shape index (κ3) is 8.17. The Bertz CT molecular complexity index is 3510. The van der Waals surface area contributed by atoms with Crippen LogP contribution in [-0.4, -0.2) is 19.6 Å². The minimum Gasteiger partial charge on any atom is -0.507 e. The van der Waals surface area contributed by atoms with Crippen molar-refractivity contribution in [1.82, 2.24) is 14.5 Å². The maximum atomic E-state index is 12.3. The van der Waals surface area contributed by atoms with Crippen LogP contribution in [0.4, 0.5) is 0 Å². The van der Waals surface area contributed by atoms with Crippen LogP contribution >= 0.6 is 0 Å². The molecule has 0 unspecified atom stereocenters. The Morgan fingerprint density at radius 1 is 0.578 bits per heavy atom. The van der Waals surface area contributed by atoms with E-state index >= 15 is 0 Å². The number of rotatable bonds is 8. The van der Waals surface area contributed by atoms with Crippen molar-refractivity contribution in [1.29, 1.82) is 0 Å². The molecule has 9 rings (SSSR count). The smallest absolute Gasteiger partial charge is 0.149 e. The van der Waals surface area contributed by atoms with Crippen molar-refractivity contribution in [2.75, 3.05) is 0 Å². The first-order chi connectivity index (χ1) is 34.7. The third-order valence-corrected chi connectivity index (χ3v) is 11.9. The lowest BCUT2D eigenvalue weighted by atomic mass is 9.84. The molecule has 2 heterocycles. The highest BCUT2D eigenvalue weighted by molar-refractivity contribution is 5.98. The summed E-state index contributed by atoms with van der Waals surface area (Å²) in [4.78, 5) is 10.4. The van der Waals surface area contributed by atoms with E-state index in [0.717, 1.165) is 66.8 Å². The van der Waals surface area contributed by atoms with Crippen molar-refractivity contribution in [3.8, 4) is 78.6 Å². The highest BCUT2D eigenvalue weighted by Crippen LogP contribution is 2.45. The quantitative estimate of drug-likeness (QED) is 0.166. The monoisotopic (exact) mass is 846 g/mol. The van der Waals surface area contributed by atoms with Gasteiger partial charge in [0.15, 0.2) is 0 Å². The van der Waals surface area contributed by atoms with E-state index in [1.54, 1.807) is 24.4 Å². The predicted molar refractivity (Wildman–Crippen MR) is 269 cm³/mol. The van der Waals surface area contributed by atoms with Crippen LogP contribution in [0.2, 0.25) is 0 Å². The molecule has 318 valence electrons. The van der Waals surface area contributed by atoms with Crippen molar-refractivity contribution in [2.24, 2.45) is 0 Å². The summed E-state index contributed by atoms with van der Waals surface area (Å²) in [5.74, 6) is -0.197. The molecule has 1 N–H and O–H groups in total. The van der Waals surface area contributed by atoms with Gasteiger partial charge in [-0.25, -0.2) is 4.98 Å². The number of nitrogens with zero attached hydrogens (tertiary/aromatic N) is 3. The van der Waals surface area contributed by atoms with Crippen LogP contribution in [0.15, 0.2) is 170 Å². The lowest BCUT2D eigenvalue weighted by molar-refractivity contribution is 0.448. The van der Waals surface area contributed by atoms with Crippen molar-refractivity contribution in [3.05, 3.63) is 192 Å². The Hall–Kier alpha value is -7.04. The molecule has 0 bridgehead atoms. The average molecular weight is 846 g/mol. The fraction of sp³-hybridized carbons (Fsp3) is 0.200. The first-order valence-corrected chi connectivity index (χ1v) is 21.5. The second kappa shape index (κ2) is 16.6. The van der Waals surface area contributed by atoms with Crippen LogP contribution in [-0.2, 0) is 10.8 Å². The van der Waals surface area contributed by atoms with Crippen LogP contribution in [0, 0.1) is 6.92 Å². The lowest BCUT2D eigenvalue weighted by Gasteiger charge is -2.23. The van der Waals surface area contributed by atoms with E-state index in [1.165, 1.54) is 12.1 Å². The number of aromatic nitrogens is 3. The fourth-order valence-electron chi connectivity index (χ4n) is 8.58. The van der Waals surface area contributed by atoms with Crippen LogP contribution < -0.4 is 0 Å². The number of pyridine rings is 1. The zero-order chi connectivity index (χ0) is 53.3. The first-order valence-electron chi connectivity index (χ1n) is 26.5. The van der Waals surface area contributed by atoms with Gasteiger partial charge in [0.2, 0.25) is 0 Å². The molecule has 0 aliphatic heterocycles. The first kappa shape index (κ1) is 31.7. The topological polar surface area (TPSA) is 50.9 Å². The maximum Gasteiger partial charge on any atom is 0.149 e. The Morgan fingerprint density at radius 2 is 1.25 bits per heavy atom. The summed E-state index contributed by atoms with van der Waals surface area (Å²) in [6.45, 7) is 1.88. The second-order valence-electron chi connectivity index (χ2n) is 17.9. The summed E-state index contributed by atoms with van der Waals surface area (Å²) >= 11 is 0. The van der Waals surface area contributed by atoms with Crippen LogP contribution in [0.1, 0.15) is 97.0 Å². The van der Waals surface area contributed by atoms with E-state index in [0.29, 0.717) is 33.7 Å². The van der Waals surface area contributed by atoms with Crippen molar-refractivity contribution >= 4 is 11.0 Å². The van der Waals surface area contributed by atoms with Gasteiger partial charge in [-0.2, -0.15) is 0 Å². The van der Waals surface area contributed by atoms with E-state index in [4.69, 9.17) is 23.7 Å². The van der Waals surface area contributed by atoms with Gasteiger partial charge in [0.05, 0.1) is 28.0 Å². The predicted octanol–water partition coefficient (Wildman–Crippen LogP) is 16.2.